The second-order valence-corrected chi connectivity index (χ2v) is 6.72. The summed E-state index contributed by atoms with van der Waals surface area (Å²) in [6, 6.07) is 10.3. The van der Waals surface area contributed by atoms with Crippen molar-refractivity contribution in [1.29, 1.82) is 0 Å². The zero-order valence-electron chi connectivity index (χ0n) is 17.5. The van der Waals surface area contributed by atoms with Crippen LogP contribution in [0.15, 0.2) is 48.5 Å². The number of non-ortho nitro benzene ring substituents is 2. The molecule has 0 heterocycles. The first-order valence-corrected chi connectivity index (χ1v) is 9.87. The lowest BCUT2D eigenvalue weighted by Crippen LogP contribution is -2.32. The third kappa shape index (κ3) is 7.43. The van der Waals surface area contributed by atoms with E-state index in [2.05, 4.69) is 0 Å². The molecule has 32 heavy (non-hydrogen) atoms. The van der Waals surface area contributed by atoms with E-state index in [-0.39, 0.29) is 35.7 Å². The second-order valence-electron chi connectivity index (χ2n) is 6.72. The molecule has 0 aliphatic heterocycles. The van der Waals surface area contributed by atoms with Crippen molar-refractivity contribution in [3.63, 3.8) is 0 Å². The first-order chi connectivity index (χ1) is 15.3. The van der Waals surface area contributed by atoms with Crippen molar-refractivity contribution >= 4 is 23.3 Å². The Balaban J connectivity index is 1.76. The normalized spacial score (nSPS) is 10.6. The highest BCUT2D eigenvalue weighted by Gasteiger charge is 2.13. The van der Waals surface area contributed by atoms with Gasteiger partial charge < -0.3 is 9.47 Å². The average Bonchev–Trinajstić information content (AvgIpc) is 2.79. The minimum atomic E-state index is -0.582. The van der Waals surface area contributed by atoms with Gasteiger partial charge in [-0.25, -0.2) is 9.59 Å². The molecule has 0 aromatic heterocycles. The van der Waals surface area contributed by atoms with Crippen molar-refractivity contribution in [2.24, 2.45) is 0 Å². The SMILES string of the molecule is CCCN(CCOC(=O)c1ccc([N+](=O)[O-])cc1)CCOC(=O)c1ccc([N+](=O)[O-])cc1. The van der Waals surface area contributed by atoms with Crippen LogP contribution in [-0.2, 0) is 9.47 Å². The minimum absolute atomic E-state index is 0.103. The van der Waals surface area contributed by atoms with E-state index in [1.54, 1.807) is 0 Å². The van der Waals surface area contributed by atoms with Gasteiger partial charge in [0.15, 0.2) is 0 Å². The van der Waals surface area contributed by atoms with E-state index in [0.717, 1.165) is 6.42 Å². The van der Waals surface area contributed by atoms with Crippen LogP contribution in [0.1, 0.15) is 34.1 Å². The summed E-state index contributed by atoms with van der Waals surface area (Å²) in [5.41, 5.74) is 0.210. The van der Waals surface area contributed by atoms with Crippen LogP contribution in [0.5, 0.6) is 0 Å². The summed E-state index contributed by atoms with van der Waals surface area (Å²) in [5.74, 6) is -1.16. The van der Waals surface area contributed by atoms with Gasteiger partial charge in [-0.05, 0) is 37.2 Å². The largest absolute Gasteiger partial charge is 0.461 e. The first-order valence-electron chi connectivity index (χ1n) is 9.87. The third-order valence-corrected chi connectivity index (χ3v) is 4.45. The highest BCUT2D eigenvalue weighted by molar-refractivity contribution is 5.90. The van der Waals surface area contributed by atoms with E-state index < -0.39 is 21.8 Å². The molecule has 2 rings (SSSR count). The number of rotatable bonds is 12. The Kier molecular flexibility index (Phi) is 9.23. The number of nitrogens with zero attached hydrogens (tertiary/aromatic N) is 3. The summed E-state index contributed by atoms with van der Waals surface area (Å²) < 4.78 is 10.4. The van der Waals surface area contributed by atoms with Gasteiger partial charge in [0.2, 0.25) is 0 Å². The molecule has 11 heteroatoms. The molecule has 0 spiro atoms. The molecule has 0 unspecified atom stereocenters. The lowest BCUT2D eigenvalue weighted by Gasteiger charge is -2.21. The number of hydrogen-bond donors (Lipinski definition) is 0. The molecular weight excluding hydrogens is 422 g/mol. The Bertz CT molecular complexity index is 869. The van der Waals surface area contributed by atoms with Crippen LogP contribution in [-0.4, -0.2) is 59.5 Å². The summed E-state index contributed by atoms with van der Waals surface area (Å²) in [5, 5.41) is 21.3. The zero-order valence-corrected chi connectivity index (χ0v) is 17.5. The minimum Gasteiger partial charge on any atom is -0.461 e. The van der Waals surface area contributed by atoms with Gasteiger partial charge >= 0.3 is 11.9 Å². The summed E-state index contributed by atoms with van der Waals surface area (Å²) in [7, 11) is 0. The maximum atomic E-state index is 12.1. The van der Waals surface area contributed by atoms with Crippen LogP contribution in [0.2, 0.25) is 0 Å². The Morgan fingerprint density at radius 2 is 1.12 bits per heavy atom. The summed E-state index contributed by atoms with van der Waals surface area (Å²) >= 11 is 0. The Morgan fingerprint density at radius 3 is 1.44 bits per heavy atom. The highest BCUT2D eigenvalue weighted by atomic mass is 16.6. The molecule has 11 nitrogen and oxygen atoms in total. The molecule has 170 valence electrons. The zero-order chi connectivity index (χ0) is 23.5. The molecule has 0 atom stereocenters. The monoisotopic (exact) mass is 445 g/mol. The fraction of sp³-hybridized carbons (Fsp3) is 0.333. The molecule has 0 saturated heterocycles. The van der Waals surface area contributed by atoms with Crippen LogP contribution in [0, 0.1) is 20.2 Å². The maximum Gasteiger partial charge on any atom is 0.338 e. The fourth-order valence-electron chi connectivity index (χ4n) is 2.79. The van der Waals surface area contributed by atoms with Crippen LogP contribution in [0.4, 0.5) is 11.4 Å². The number of ether oxygens (including phenoxy) is 2. The number of carbonyl (C=O) groups excluding carboxylic acids is 2. The smallest absolute Gasteiger partial charge is 0.338 e. The van der Waals surface area contributed by atoms with Gasteiger partial charge in [0.25, 0.3) is 11.4 Å². The topological polar surface area (TPSA) is 142 Å². The van der Waals surface area contributed by atoms with Crippen LogP contribution >= 0.6 is 0 Å². The predicted octanol–water partition coefficient (Wildman–Crippen LogP) is 3.23. The standard InChI is InChI=1S/C21H23N3O8/c1-2-11-22(12-14-31-20(25)16-3-7-18(8-4-16)23(27)28)13-15-32-21(26)17-5-9-19(10-6-17)24(29)30/h3-10H,2,11-15H2,1H3. The van der Waals surface area contributed by atoms with Gasteiger partial charge in [-0.1, -0.05) is 6.92 Å². The molecule has 0 N–H and O–H groups in total. The molecule has 0 radical (unpaired) electrons. The Hall–Kier alpha value is -3.86. The van der Waals surface area contributed by atoms with Crippen molar-refractivity contribution in [3.05, 3.63) is 79.9 Å². The number of esters is 2. The van der Waals surface area contributed by atoms with E-state index in [1.165, 1.54) is 48.5 Å². The van der Waals surface area contributed by atoms with Crippen LogP contribution in [0.3, 0.4) is 0 Å². The van der Waals surface area contributed by atoms with Crippen molar-refractivity contribution in [2.45, 2.75) is 13.3 Å². The number of benzene rings is 2. The average molecular weight is 445 g/mol. The van der Waals surface area contributed by atoms with Gasteiger partial charge in [-0.3, -0.25) is 25.1 Å². The summed E-state index contributed by atoms with van der Waals surface area (Å²) in [6.45, 7) is 3.73. The van der Waals surface area contributed by atoms with E-state index in [9.17, 15) is 29.8 Å². The lowest BCUT2D eigenvalue weighted by molar-refractivity contribution is -0.385. The first kappa shape index (κ1) is 24.4. The predicted molar refractivity (Wildman–Crippen MR) is 113 cm³/mol. The van der Waals surface area contributed by atoms with Crippen molar-refractivity contribution in [2.75, 3.05) is 32.8 Å². The molecular formula is C21H23N3O8. The lowest BCUT2D eigenvalue weighted by atomic mass is 10.2. The number of carbonyl (C=O) groups is 2. The molecule has 2 aromatic rings. The number of nitro groups is 2. The fourth-order valence-corrected chi connectivity index (χ4v) is 2.79. The van der Waals surface area contributed by atoms with E-state index in [0.29, 0.717) is 19.6 Å². The molecule has 0 aliphatic rings. The van der Waals surface area contributed by atoms with Crippen LogP contribution < -0.4 is 0 Å². The number of nitro benzene ring substituents is 2. The molecule has 0 bridgehead atoms. The van der Waals surface area contributed by atoms with E-state index in [4.69, 9.17) is 9.47 Å². The summed E-state index contributed by atoms with van der Waals surface area (Å²) in [6.07, 6.45) is 0.840. The van der Waals surface area contributed by atoms with E-state index in [1.807, 2.05) is 11.8 Å². The van der Waals surface area contributed by atoms with Gasteiger partial charge in [-0.15, -0.1) is 0 Å². The van der Waals surface area contributed by atoms with Gasteiger partial charge in [0.05, 0.1) is 21.0 Å². The van der Waals surface area contributed by atoms with Gasteiger partial charge in [0.1, 0.15) is 13.2 Å². The highest BCUT2D eigenvalue weighted by Crippen LogP contribution is 2.13. The van der Waals surface area contributed by atoms with E-state index >= 15 is 0 Å². The second kappa shape index (κ2) is 12.1. The van der Waals surface area contributed by atoms with Crippen molar-refractivity contribution < 1.29 is 28.9 Å². The molecule has 0 saturated carbocycles. The Morgan fingerprint density at radius 1 is 0.750 bits per heavy atom. The Labute approximate surface area is 183 Å². The van der Waals surface area contributed by atoms with Gasteiger partial charge in [0, 0.05) is 37.4 Å². The third-order valence-electron chi connectivity index (χ3n) is 4.45. The quantitative estimate of drug-likeness (QED) is 0.273. The molecule has 2 aromatic carbocycles. The van der Waals surface area contributed by atoms with Gasteiger partial charge in [-0.2, -0.15) is 0 Å². The molecule has 0 fully saturated rings. The van der Waals surface area contributed by atoms with Crippen molar-refractivity contribution in [1.82, 2.24) is 4.90 Å². The maximum absolute atomic E-state index is 12.1. The molecule has 0 amide bonds. The number of hydrogen-bond acceptors (Lipinski definition) is 9. The molecule has 0 aliphatic carbocycles. The van der Waals surface area contributed by atoms with Crippen molar-refractivity contribution in [3.8, 4) is 0 Å². The summed E-state index contributed by atoms with van der Waals surface area (Å²) in [4.78, 5) is 46.3. The van der Waals surface area contributed by atoms with Crippen LogP contribution in [0.25, 0.3) is 0 Å².